The first-order valence-electron chi connectivity index (χ1n) is 9.42. The number of hydrogen-bond donors (Lipinski definition) is 3. The van der Waals surface area contributed by atoms with Gasteiger partial charge in [-0.1, -0.05) is 91.0 Å². The van der Waals surface area contributed by atoms with Crippen LogP contribution in [0.15, 0.2) is 91.0 Å². The van der Waals surface area contributed by atoms with Crippen LogP contribution < -0.4 is 11.1 Å². The van der Waals surface area contributed by atoms with Crippen molar-refractivity contribution in [3.05, 3.63) is 108 Å². The first kappa shape index (κ1) is 21.4. The summed E-state index contributed by atoms with van der Waals surface area (Å²) in [5.41, 5.74) is 9.06. The molecule has 0 unspecified atom stereocenters. The number of benzene rings is 3. The molecule has 146 valence electrons. The van der Waals surface area contributed by atoms with Crippen LogP contribution in [-0.2, 0) is 10.3 Å². The lowest BCUT2D eigenvalue weighted by molar-refractivity contribution is -0.134. The van der Waals surface area contributed by atoms with Crippen molar-refractivity contribution in [2.24, 2.45) is 5.73 Å². The Bertz CT molecular complexity index is 720. The molecule has 0 heterocycles. The van der Waals surface area contributed by atoms with E-state index in [0.717, 1.165) is 19.9 Å². The number of rotatable bonds is 7. The van der Waals surface area contributed by atoms with Crippen molar-refractivity contribution < 1.29 is 9.90 Å². The minimum Gasteiger partial charge on any atom is -0.481 e. The summed E-state index contributed by atoms with van der Waals surface area (Å²) in [5, 5.41) is 11.2. The van der Waals surface area contributed by atoms with Crippen LogP contribution in [-0.4, -0.2) is 24.2 Å². The van der Waals surface area contributed by atoms with Crippen LogP contribution in [0.4, 0.5) is 0 Å². The molecule has 0 amide bonds. The molecule has 28 heavy (non-hydrogen) atoms. The van der Waals surface area contributed by atoms with E-state index in [4.69, 9.17) is 15.6 Å². The lowest BCUT2D eigenvalue weighted by atomic mass is 9.77. The Hall–Kier alpha value is -2.95. The topological polar surface area (TPSA) is 75.3 Å². The van der Waals surface area contributed by atoms with Gasteiger partial charge in [0.1, 0.15) is 0 Å². The van der Waals surface area contributed by atoms with Gasteiger partial charge >= 0.3 is 0 Å². The summed E-state index contributed by atoms with van der Waals surface area (Å²) in [4.78, 5) is 9.00. The van der Waals surface area contributed by atoms with E-state index in [1.165, 1.54) is 16.7 Å². The smallest absolute Gasteiger partial charge is 0.300 e. The summed E-state index contributed by atoms with van der Waals surface area (Å²) in [6.07, 6.45) is 0.939. The van der Waals surface area contributed by atoms with E-state index in [1.54, 1.807) is 0 Å². The molecule has 0 fully saturated rings. The van der Waals surface area contributed by atoms with Gasteiger partial charge in [0.25, 0.3) is 5.97 Å². The minimum absolute atomic E-state index is 0.376. The molecule has 4 N–H and O–H groups in total. The van der Waals surface area contributed by atoms with E-state index in [0.29, 0.717) is 6.54 Å². The molecule has 0 aliphatic rings. The average Bonchev–Trinajstić information content (AvgIpc) is 2.73. The van der Waals surface area contributed by atoms with Gasteiger partial charge in [-0.3, -0.25) is 10.1 Å². The van der Waals surface area contributed by atoms with E-state index >= 15 is 0 Å². The van der Waals surface area contributed by atoms with Crippen molar-refractivity contribution in [1.82, 2.24) is 5.32 Å². The molecule has 3 aromatic rings. The number of aliphatic carboxylic acids is 1. The van der Waals surface area contributed by atoms with Crippen molar-refractivity contribution in [2.45, 2.75) is 18.9 Å². The number of carboxylic acid groups (broad SMARTS) is 1. The zero-order chi connectivity index (χ0) is 20.2. The molecule has 0 aliphatic carbocycles. The highest BCUT2D eigenvalue weighted by Gasteiger charge is 2.35. The predicted molar refractivity (Wildman–Crippen MR) is 114 cm³/mol. The van der Waals surface area contributed by atoms with Crippen LogP contribution in [0.5, 0.6) is 0 Å². The Labute approximate surface area is 167 Å². The Morgan fingerprint density at radius 1 is 0.821 bits per heavy atom. The lowest BCUT2D eigenvalue weighted by Gasteiger charge is -2.37. The van der Waals surface area contributed by atoms with Gasteiger partial charge in [-0.15, -0.1) is 0 Å². The highest BCUT2D eigenvalue weighted by molar-refractivity contribution is 5.63. The van der Waals surface area contributed by atoms with Crippen molar-refractivity contribution in [3.8, 4) is 0 Å². The summed E-state index contributed by atoms with van der Waals surface area (Å²) < 4.78 is 0. The molecular formula is C24H28N2O2. The maximum Gasteiger partial charge on any atom is 0.300 e. The zero-order valence-electron chi connectivity index (χ0n) is 16.2. The molecular weight excluding hydrogens is 348 g/mol. The number of carboxylic acids is 1. The summed E-state index contributed by atoms with van der Waals surface area (Å²) in [7, 11) is 0. The van der Waals surface area contributed by atoms with E-state index in [-0.39, 0.29) is 5.54 Å². The molecule has 0 atom stereocenters. The van der Waals surface area contributed by atoms with Gasteiger partial charge in [-0.05, 0) is 36.2 Å². The third-order valence-corrected chi connectivity index (χ3v) is 4.39. The van der Waals surface area contributed by atoms with Gasteiger partial charge in [-0.25, -0.2) is 0 Å². The zero-order valence-corrected chi connectivity index (χ0v) is 16.2. The van der Waals surface area contributed by atoms with E-state index < -0.39 is 5.97 Å². The second kappa shape index (κ2) is 11.0. The third kappa shape index (κ3) is 5.52. The second-order valence-corrected chi connectivity index (χ2v) is 6.44. The van der Waals surface area contributed by atoms with Crippen molar-refractivity contribution >= 4 is 5.97 Å². The Kier molecular flexibility index (Phi) is 8.40. The third-order valence-electron chi connectivity index (χ3n) is 4.39. The minimum atomic E-state index is -0.833. The molecule has 4 heteroatoms. The average molecular weight is 377 g/mol. The van der Waals surface area contributed by atoms with E-state index in [1.807, 2.05) is 0 Å². The maximum atomic E-state index is 9.00. The molecule has 0 saturated carbocycles. The van der Waals surface area contributed by atoms with Crippen molar-refractivity contribution in [3.63, 3.8) is 0 Å². The van der Waals surface area contributed by atoms with Crippen LogP contribution in [0.2, 0.25) is 0 Å². The molecule has 0 aromatic heterocycles. The fraction of sp³-hybridized carbons (Fsp3) is 0.208. The first-order chi connectivity index (χ1) is 13.6. The predicted octanol–water partition coefficient (Wildman–Crippen LogP) is 4.01. The van der Waals surface area contributed by atoms with Gasteiger partial charge in [0.2, 0.25) is 0 Å². The van der Waals surface area contributed by atoms with Crippen LogP contribution in [0, 0.1) is 0 Å². The molecule has 3 rings (SSSR count). The van der Waals surface area contributed by atoms with Crippen LogP contribution in [0.1, 0.15) is 30.0 Å². The monoisotopic (exact) mass is 376 g/mol. The Balaban J connectivity index is 0.000000640. The molecule has 0 spiro atoms. The normalized spacial score (nSPS) is 10.6. The quantitative estimate of drug-likeness (QED) is 0.430. The van der Waals surface area contributed by atoms with Gasteiger partial charge in [0.05, 0.1) is 5.54 Å². The summed E-state index contributed by atoms with van der Waals surface area (Å²) in [6.45, 7) is 2.62. The second-order valence-electron chi connectivity index (χ2n) is 6.44. The van der Waals surface area contributed by atoms with Crippen LogP contribution >= 0.6 is 0 Å². The van der Waals surface area contributed by atoms with Crippen LogP contribution in [0.3, 0.4) is 0 Å². The van der Waals surface area contributed by atoms with Gasteiger partial charge in [-0.2, -0.15) is 0 Å². The van der Waals surface area contributed by atoms with Crippen molar-refractivity contribution in [2.75, 3.05) is 13.1 Å². The molecule has 0 saturated heterocycles. The standard InChI is InChI=1S/C22H24N2.C2H4O2/c23-17-10-18-24-22(19-11-4-1-5-12-19,20-13-6-2-7-14-20)21-15-8-3-9-16-21;1-2(3)4/h1-9,11-16,24H,10,17-18,23H2;1H3,(H,3,4). The van der Waals surface area contributed by atoms with Crippen molar-refractivity contribution in [1.29, 1.82) is 0 Å². The highest BCUT2D eigenvalue weighted by Crippen LogP contribution is 2.36. The number of nitrogens with one attached hydrogen (secondary N) is 1. The molecule has 0 radical (unpaired) electrons. The Morgan fingerprint density at radius 3 is 1.43 bits per heavy atom. The summed E-state index contributed by atoms with van der Waals surface area (Å²) in [5.74, 6) is -0.833. The van der Waals surface area contributed by atoms with Gasteiger partial charge in [0.15, 0.2) is 0 Å². The number of carbonyl (C=O) groups is 1. The maximum absolute atomic E-state index is 9.00. The summed E-state index contributed by atoms with van der Waals surface area (Å²) >= 11 is 0. The first-order valence-corrected chi connectivity index (χ1v) is 9.42. The molecule has 0 aliphatic heterocycles. The fourth-order valence-corrected chi connectivity index (χ4v) is 3.25. The van der Waals surface area contributed by atoms with Gasteiger partial charge in [0, 0.05) is 6.92 Å². The lowest BCUT2D eigenvalue weighted by Crippen LogP contribution is -2.45. The molecule has 4 nitrogen and oxygen atoms in total. The fourth-order valence-electron chi connectivity index (χ4n) is 3.25. The molecule has 3 aromatic carbocycles. The molecule has 0 bridgehead atoms. The van der Waals surface area contributed by atoms with E-state index in [9.17, 15) is 0 Å². The SMILES string of the molecule is CC(=O)O.NCCCNC(c1ccccc1)(c1ccccc1)c1ccccc1. The van der Waals surface area contributed by atoms with Gasteiger partial charge < -0.3 is 10.8 Å². The summed E-state index contributed by atoms with van der Waals surface area (Å²) in [6, 6.07) is 31.9. The van der Waals surface area contributed by atoms with E-state index in [2.05, 4.69) is 96.3 Å². The number of nitrogens with two attached hydrogens (primary N) is 1. The Morgan fingerprint density at radius 2 is 1.14 bits per heavy atom. The number of hydrogen-bond acceptors (Lipinski definition) is 3. The van der Waals surface area contributed by atoms with Crippen LogP contribution in [0.25, 0.3) is 0 Å². The highest BCUT2D eigenvalue weighted by atomic mass is 16.4. The largest absolute Gasteiger partial charge is 0.481 e.